The molecule has 0 aliphatic rings. The van der Waals surface area contributed by atoms with E-state index in [0.717, 1.165) is 5.69 Å². The van der Waals surface area contributed by atoms with Crippen LogP contribution in [0.5, 0.6) is 0 Å². The van der Waals surface area contributed by atoms with Gasteiger partial charge in [-0.25, -0.2) is 18.1 Å². The summed E-state index contributed by atoms with van der Waals surface area (Å²) in [6.45, 7) is 1.89. The highest BCUT2D eigenvalue weighted by Crippen LogP contribution is 2.17. The molecule has 0 saturated carbocycles. The molecule has 0 unspecified atom stereocenters. The van der Waals surface area contributed by atoms with E-state index in [-0.39, 0.29) is 11.4 Å². The molecule has 2 aromatic rings. The van der Waals surface area contributed by atoms with Crippen molar-refractivity contribution in [2.45, 2.75) is 18.4 Å². The maximum absolute atomic E-state index is 12.2. The van der Waals surface area contributed by atoms with Crippen LogP contribution >= 0.6 is 0 Å². The normalized spacial score (nSPS) is 11.3. The number of aromatic nitrogens is 3. The summed E-state index contributed by atoms with van der Waals surface area (Å²) in [7, 11) is -2.04. The van der Waals surface area contributed by atoms with Gasteiger partial charge in [0.1, 0.15) is 10.7 Å². The molecule has 7 nitrogen and oxygen atoms in total. The highest BCUT2D eigenvalue weighted by molar-refractivity contribution is 7.89. The van der Waals surface area contributed by atoms with Crippen molar-refractivity contribution in [1.29, 1.82) is 0 Å². The Bertz CT molecular complexity index is 685. The van der Waals surface area contributed by atoms with Gasteiger partial charge in [0.2, 0.25) is 10.0 Å². The molecule has 0 atom stereocenters. The van der Waals surface area contributed by atoms with Crippen molar-refractivity contribution in [2.24, 2.45) is 0 Å². The Morgan fingerprint density at radius 1 is 1.20 bits per heavy atom. The first kappa shape index (κ1) is 14.4. The number of anilines is 1. The van der Waals surface area contributed by atoms with Gasteiger partial charge in [-0.05, 0) is 19.1 Å². The van der Waals surface area contributed by atoms with Crippen molar-refractivity contribution in [3.8, 4) is 0 Å². The molecule has 0 aliphatic heterocycles. The van der Waals surface area contributed by atoms with Gasteiger partial charge in [0, 0.05) is 19.4 Å². The molecule has 0 bridgehead atoms. The topological polar surface area (TPSA) is 96.9 Å². The van der Waals surface area contributed by atoms with Crippen LogP contribution in [0, 0.1) is 6.92 Å². The quantitative estimate of drug-likeness (QED) is 0.842. The van der Waals surface area contributed by atoms with Crippen LogP contribution in [0.2, 0.25) is 0 Å². The Balaban J connectivity index is 2.17. The fourth-order valence-electron chi connectivity index (χ4n) is 1.55. The van der Waals surface area contributed by atoms with E-state index in [2.05, 4.69) is 25.0 Å². The van der Waals surface area contributed by atoms with E-state index in [1.165, 1.54) is 12.3 Å². The molecule has 0 aromatic carbocycles. The molecule has 2 aromatic heterocycles. The van der Waals surface area contributed by atoms with Crippen molar-refractivity contribution in [2.75, 3.05) is 12.4 Å². The van der Waals surface area contributed by atoms with Crippen LogP contribution in [0.25, 0.3) is 0 Å². The largest absolute Gasteiger partial charge is 0.372 e. The third-order valence-electron chi connectivity index (χ3n) is 2.57. The summed E-state index contributed by atoms with van der Waals surface area (Å²) >= 11 is 0. The second kappa shape index (κ2) is 5.93. The van der Waals surface area contributed by atoms with Crippen LogP contribution in [0.3, 0.4) is 0 Å². The zero-order valence-electron chi connectivity index (χ0n) is 11.2. The summed E-state index contributed by atoms with van der Waals surface area (Å²) in [4.78, 5) is 12.2. The minimum absolute atomic E-state index is 0.0770. The first-order valence-electron chi connectivity index (χ1n) is 5.93. The highest BCUT2D eigenvalue weighted by atomic mass is 32.2. The Morgan fingerprint density at radius 2 is 2.00 bits per heavy atom. The van der Waals surface area contributed by atoms with E-state index in [0.29, 0.717) is 11.5 Å². The van der Waals surface area contributed by atoms with Crippen molar-refractivity contribution in [3.63, 3.8) is 0 Å². The average Bonchev–Trinajstić information content (AvgIpc) is 2.46. The molecular formula is C12H15N5O2S. The second-order valence-corrected chi connectivity index (χ2v) is 5.81. The van der Waals surface area contributed by atoms with E-state index in [1.54, 1.807) is 25.5 Å². The first-order chi connectivity index (χ1) is 9.53. The van der Waals surface area contributed by atoms with E-state index in [1.807, 2.05) is 6.92 Å². The molecule has 0 fully saturated rings. The monoisotopic (exact) mass is 293 g/mol. The fraction of sp³-hybridized carbons (Fsp3) is 0.250. The second-order valence-electron chi connectivity index (χ2n) is 4.07. The summed E-state index contributed by atoms with van der Waals surface area (Å²) in [6, 6.07) is 3.06. The molecular weight excluding hydrogens is 278 g/mol. The third kappa shape index (κ3) is 3.28. The molecule has 2 heterocycles. The maximum Gasteiger partial charge on any atom is 0.244 e. The number of sulfonamides is 1. The van der Waals surface area contributed by atoms with Crippen LogP contribution in [-0.4, -0.2) is 30.4 Å². The average molecular weight is 293 g/mol. The minimum atomic E-state index is -3.65. The SMILES string of the molecule is CNc1ncccc1S(=O)(=O)NCc1cnc(C)cn1. The number of aryl methyl sites for hydroxylation is 1. The van der Waals surface area contributed by atoms with Crippen LogP contribution in [-0.2, 0) is 16.6 Å². The third-order valence-corrected chi connectivity index (χ3v) is 4.01. The number of hydrogen-bond acceptors (Lipinski definition) is 6. The van der Waals surface area contributed by atoms with Crippen molar-refractivity contribution in [1.82, 2.24) is 19.7 Å². The van der Waals surface area contributed by atoms with Crippen LogP contribution in [0.15, 0.2) is 35.6 Å². The van der Waals surface area contributed by atoms with Gasteiger partial charge >= 0.3 is 0 Å². The summed E-state index contributed by atoms with van der Waals surface area (Å²) in [6.07, 6.45) is 4.66. The molecule has 106 valence electrons. The summed E-state index contributed by atoms with van der Waals surface area (Å²) in [5.74, 6) is 0.301. The maximum atomic E-state index is 12.2. The molecule has 0 spiro atoms. The lowest BCUT2D eigenvalue weighted by Crippen LogP contribution is -2.25. The Kier molecular flexibility index (Phi) is 4.26. The van der Waals surface area contributed by atoms with E-state index in [9.17, 15) is 8.42 Å². The van der Waals surface area contributed by atoms with Crippen molar-refractivity contribution >= 4 is 15.8 Å². The zero-order valence-corrected chi connectivity index (χ0v) is 12.0. The molecule has 0 saturated heterocycles. The van der Waals surface area contributed by atoms with Gasteiger partial charge in [-0.1, -0.05) is 0 Å². The van der Waals surface area contributed by atoms with Gasteiger partial charge < -0.3 is 5.32 Å². The standard InChI is InChI=1S/C12H15N5O2S/c1-9-6-16-10(7-15-9)8-17-20(18,19)11-4-3-5-14-12(11)13-2/h3-7,17H,8H2,1-2H3,(H,13,14). The van der Waals surface area contributed by atoms with Gasteiger partial charge in [0.05, 0.1) is 24.1 Å². The number of nitrogens with zero attached hydrogens (tertiary/aromatic N) is 3. The Morgan fingerprint density at radius 3 is 2.65 bits per heavy atom. The zero-order chi connectivity index (χ0) is 14.6. The Hall–Kier alpha value is -2.06. The van der Waals surface area contributed by atoms with E-state index < -0.39 is 10.0 Å². The van der Waals surface area contributed by atoms with Gasteiger partial charge in [-0.15, -0.1) is 0 Å². The molecule has 2 rings (SSSR count). The lowest BCUT2D eigenvalue weighted by atomic mass is 10.4. The summed E-state index contributed by atoms with van der Waals surface area (Å²) in [5.41, 5.74) is 1.33. The highest BCUT2D eigenvalue weighted by Gasteiger charge is 2.18. The summed E-state index contributed by atoms with van der Waals surface area (Å²) < 4.78 is 26.9. The van der Waals surface area contributed by atoms with Crippen LogP contribution < -0.4 is 10.0 Å². The number of pyridine rings is 1. The number of hydrogen-bond donors (Lipinski definition) is 2. The minimum Gasteiger partial charge on any atom is -0.372 e. The van der Waals surface area contributed by atoms with E-state index in [4.69, 9.17) is 0 Å². The lowest BCUT2D eigenvalue weighted by Gasteiger charge is -2.09. The number of nitrogens with one attached hydrogen (secondary N) is 2. The molecule has 0 aliphatic carbocycles. The van der Waals surface area contributed by atoms with Crippen LogP contribution in [0.1, 0.15) is 11.4 Å². The molecule has 0 radical (unpaired) electrons. The fourth-order valence-corrected chi connectivity index (χ4v) is 2.71. The lowest BCUT2D eigenvalue weighted by molar-refractivity contribution is 0.580. The van der Waals surface area contributed by atoms with Gasteiger partial charge in [-0.2, -0.15) is 0 Å². The van der Waals surface area contributed by atoms with Gasteiger partial charge in [0.15, 0.2) is 0 Å². The van der Waals surface area contributed by atoms with E-state index >= 15 is 0 Å². The number of rotatable bonds is 5. The summed E-state index contributed by atoms with van der Waals surface area (Å²) in [5, 5.41) is 2.75. The predicted molar refractivity (Wildman–Crippen MR) is 74.6 cm³/mol. The van der Waals surface area contributed by atoms with Gasteiger partial charge in [0.25, 0.3) is 0 Å². The van der Waals surface area contributed by atoms with Crippen molar-refractivity contribution in [3.05, 3.63) is 42.1 Å². The van der Waals surface area contributed by atoms with Gasteiger partial charge in [-0.3, -0.25) is 9.97 Å². The smallest absolute Gasteiger partial charge is 0.244 e. The molecule has 20 heavy (non-hydrogen) atoms. The first-order valence-corrected chi connectivity index (χ1v) is 7.41. The predicted octanol–water partition coefficient (Wildman–Crippen LogP) is 0.700. The van der Waals surface area contributed by atoms with Crippen molar-refractivity contribution < 1.29 is 8.42 Å². The molecule has 8 heteroatoms. The Labute approximate surface area is 117 Å². The molecule has 0 amide bonds. The van der Waals surface area contributed by atoms with Crippen LogP contribution in [0.4, 0.5) is 5.82 Å². The molecule has 2 N–H and O–H groups in total.